The van der Waals surface area contributed by atoms with Crippen molar-refractivity contribution < 1.29 is 4.42 Å². The van der Waals surface area contributed by atoms with Crippen LogP contribution in [-0.4, -0.2) is 32.3 Å². The molecule has 3 heterocycles. The molecule has 1 aliphatic rings. The van der Waals surface area contributed by atoms with Gasteiger partial charge in [0.1, 0.15) is 18.1 Å². The maximum atomic E-state index is 5.60. The smallest absolute Gasteiger partial charge is 0.214 e. The van der Waals surface area contributed by atoms with Gasteiger partial charge in [0.15, 0.2) is 11.8 Å². The van der Waals surface area contributed by atoms with Crippen molar-refractivity contribution in [2.24, 2.45) is 4.99 Å². The summed E-state index contributed by atoms with van der Waals surface area (Å²) < 4.78 is 7.82. The summed E-state index contributed by atoms with van der Waals surface area (Å²) >= 11 is 0. The van der Waals surface area contributed by atoms with Crippen molar-refractivity contribution in [3.63, 3.8) is 0 Å². The number of nitrogens with one attached hydrogen (secondary N) is 2. The first kappa shape index (κ1) is 20.7. The summed E-state index contributed by atoms with van der Waals surface area (Å²) in [6, 6.07) is 0. The molecule has 1 aliphatic heterocycles. The van der Waals surface area contributed by atoms with Gasteiger partial charge in [-0.3, -0.25) is 0 Å². The number of nitrogens with zero attached hydrogens (tertiary/aromatic N) is 5. The molecule has 0 fully saturated rings. The second-order valence-electron chi connectivity index (χ2n) is 6.29. The first-order valence-corrected chi connectivity index (χ1v) is 9.03. The Hall–Kier alpha value is -1.65. The normalized spacial score (nSPS) is 14.3. The fourth-order valence-electron chi connectivity index (χ4n) is 2.93. The summed E-state index contributed by atoms with van der Waals surface area (Å²) in [7, 11) is 0. The van der Waals surface area contributed by atoms with E-state index in [1.165, 1.54) is 19.3 Å². The molecule has 0 bridgehead atoms. The van der Waals surface area contributed by atoms with Crippen molar-refractivity contribution in [1.82, 2.24) is 30.4 Å². The molecule has 0 unspecified atom stereocenters. The zero-order valence-electron chi connectivity index (χ0n) is 15.7. The molecule has 0 aromatic carbocycles. The third-order valence-electron chi connectivity index (χ3n) is 4.39. The van der Waals surface area contributed by atoms with Gasteiger partial charge in [0.05, 0.1) is 12.2 Å². The number of oxazole rings is 1. The van der Waals surface area contributed by atoms with E-state index in [2.05, 4.69) is 35.4 Å². The molecule has 3 rings (SSSR count). The van der Waals surface area contributed by atoms with Gasteiger partial charge in [-0.25, -0.2) is 9.98 Å². The highest BCUT2D eigenvalue weighted by Gasteiger charge is 2.14. The summed E-state index contributed by atoms with van der Waals surface area (Å²) in [5.41, 5.74) is 0.921. The predicted octanol–water partition coefficient (Wildman–Crippen LogP) is 2.48. The molecule has 0 saturated carbocycles. The minimum absolute atomic E-state index is 0. The van der Waals surface area contributed by atoms with Gasteiger partial charge in [-0.05, 0) is 33.6 Å². The Labute approximate surface area is 171 Å². The number of halogens is 1. The van der Waals surface area contributed by atoms with Gasteiger partial charge in [-0.15, -0.1) is 34.2 Å². The van der Waals surface area contributed by atoms with Gasteiger partial charge in [0, 0.05) is 19.5 Å². The van der Waals surface area contributed by atoms with Crippen LogP contribution < -0.4 is 10.6 Å². The fraction of sp³-hybridized carbons (Fsp3) is 0.647. The van der Waals surface area contributed by atoms with Gasteiger partial charge in [-0.1, -0.05) is 6.42 Å². The van der Waals surface area contributed by atoms with E-state index in [9.17, 15) is 0 Å². The number of aromatic nitrogens is 4. The predicted molar refractivity (Wildman–Crippen MR) is 111 cm³/mol. The second kappa shape index (κ2) is 9.89. The zero-order valence-corrected chi connectivity index (χ0v) is 18.0. The molecular formula is C17H28IN7O. The molecule has 0 radical (unpaired) electrons. The van der Waals surface area contributed by atoms with Gasteiger partial charge >= 0.3 is 0 Å². The summed E-state index contributed by atoms with van der Waals surface area (Å²) in [6.45, 7) is 8.68. The van der Waals surface area contributed by atoms with Crippen molar-refractivity contribution in [3.8, 4) is 0 Å². The highest BCUT2D eigenvalue weighted by Crippen LogP contribution is 2.14. The lowest BCUT2D eigenvalue weighted by Crippen LogP contribution is -2.37. The minimum Gasteiger partial charge on any atom is -0.444 e. The van der Waals surface area contributed by atoms with Gasteiger partial charge in [0.25, 0.3) is 0 Å². The van der Waals surface area contributed by atoms with E-state index < -0.39 is 0 Å². The average molecular weight is 473 g/mol. The van der Waals surface area contributed by atoms with E-state index in [1.54, 1.807) is 0 Å². The summed E-state index contributed by atoms with van der Waals surface area (Å²) in [5.74, 6) is 4.26. The summed E-state index contributed by atoms with van der Waals surface area (Å²) in [4.78, 5) is 9.02. The second-order valence-corrected chi connectivity index (χ2v) is 6.29. The van der Waals surface area contributed by atoms with Crippen LogP contribution in [0.2, 0.25) is 0 Å². The van der Waals surface area contributed by atoms with Crippen LogP contribution in [0.15, 0.2) is 9.41 Å². The average Bonchev–Trinajstić information content (AvgIpc) is 3.03. The molecule has 2 aromatic heterocycles. The quantitative estimate of drug-likeness (QED) is 0.394. The number of fused-ring (bicyclic) bond motifs is 1. The Balaban J connectivity index is 0.00000243. The Kier molecular flexibility index (Phi) is 7.85. The number of aryl methyl sites for hydroxylation is 3. The van der Waals surface area contributed by atoms with Crippen LogP contribution in [0, 0.1) is 13.8 Å². The van der Waals surface area contributed by atoms with Crippen LogP contribution >= 0.6 is 24.0 Å². The molecule has 8 nitrogen and oxygen atoms in total. The van der Waals surface area contributed by atoms with E-state index in [-0.39, 0.29) is 24.0 Å². The number of hydrogen-bond donors (Lipinski definition) is 2. The maximum absolute atomic E-state index is 5.60. The van der Waals surface area contributed by atoms with Crippen molar-refractivity contribution in [2.45, 2.75) is 66.1 Å². The van der Waals surface area contributed by atoms with E-state index in [4.69, 9.17) is 4.42 Å². The van der Waals surface area contributed by atoms with Crippen molar-refractivity contribution in [1.29, 1.82) is 0 Å². The highest BCUT2D eigenvalue weighted by molar-refractivity contribution is 14.0. The molecule has 0 atom stereocenters. The lowest BCUT2D eigenvalue weighted by molar-refractivity contribution is 0.463. The molecule has 0 spiro atoms. The minimum atomic E-state index is 0. The largest absolute Gasteiger partial charge is 0.444 e. The van der Waals surface area contributed by atoms with Crippen LogP contribution in [0.3, 0.4) is 0 Å². The Morgan fingerprint density at radius 2 is 2.04 bits per heavy atom. The molecule has 0 aliphatic carbocycles. The molecular weight excluding hydrogens is 445 g/mol. The van der Waals surface area contributed by atoms with Crippen LogP contribution in [0.1, 0.15) is 55.2 Å². The SMILES string of the molecule is CCNC(=NCc1nnc2n1CCCCC2)NCc1nc(C)c(C)o1.I. The standard InChI is InChI=1S/C17H27N7O.HI/c1-4-18-17(20-11-16-21-12(2)13(3)25-16)19-10-15-23-22-14-8-6-5-7-9-24(14)15;/h4-11H2,1-3H3,(H2,18,19,20);1H. The molecule has 2 N–H and O–H groups in total. The number of hydrogen-bond acceptors (Lipinski definition) is 5. The van der Waals surface area contributed by atoms with Crippen molar-refractivity contribution >= 4 is 29.9 Å². The molecule has 0 amide bonds. The lowest BCUT2D eigenvalue weighted by Gasteiger charge is -2.10. The van der Waals surface area contributed by atoms with E-state index >= 15 is 0 Å². The van der Waals surface area contributed by atoms with Crippen LogP contribution in [0.5, 0.6) is 0 Å². The molecule has 9 heteroatoms. The maximum Gasteiger partial charge on any atom is 0.214 e. The number of rotatable bonds is 5. The number of guanidine groups is 1. The lowest BCUT2D eigenvalue weighted by atomic mass is 10.2. The Morgan fingerprint density at radius 1 is 1.19 bits per heavy atom. The third-order valence-corrected chi connectivity index (χ3v) is 4.39. The summed E-state index contributed by atoms with van der Waals surface area (Å²) in [6.07, 6.45) is 4.65. The highest BCUT2D eigenvalue weighted by atomic mass is 127. The third kappa shape index (κ3) is 5.18. The van der Waals surface area contributed by atoms with Crippen molar-refractivity contribution in [3.05, 3.63) is 29.0 Å². The molecule has 0 saturated heterocycles. The van der Waals surface area contributed by atoms with Crippen LogP contribution in [0.4, 0.5) is 0 Å². The van der Waals surface area contributed by atoms with Crippen LogP contribution in [-0.2, 0) is 26.1 Å². The van der Waals surface area contributed by atoms with Crippen molar-refractivity contribution in [2.75, 3.05) is 6.54 Å². The Bertz CT molecular complexity index is 718. The monoisotopic (exact) mass is 473 g/mol. The van der Waals surface area contributed by atoms with E-state index in [1.807, 2.05) is 20.8 Å². The Morgan fingerprint density at radius 3 is 2.77 bits per heavy atom. The van der Waals surface area contributed by atoms with Gasteiger partial charge in [-0.2, -0.15) is 0 Å². The fourth-order valence-corrected chi connectivity index (χ4v) is 2.93. The van der Waals surface area contributed by atoms with Crippen LogP contribution in [0.25, 0.3) is 0 Å². The van der Waals surface area contributed by atoms with Gasteiger partial charge in [0.2, 0.25) is 5.89 Å². The molecule has 144 valence electrons. The van der Waals surface area contributed by atoms with E-state index in [0.29, 0.717) is 19.0 Å². The van der Waals surface area contributed by atoms with E-state index in [0.717, 1.165) is 48.6 Å². The topological polar surface area (TPSA) is 93.2 Å². The summed E-state index contributed by atoms with van der Waals surface area (Å²) in [5, 5.41) is 15.1. The van der Waals surface area contributed by atoms with Gasteiger partial charge < -0.3 is 19.6 Å². The molecule has 2 aromatic rings. The first-order valence-electron chi connectivity index (χ1n) is 9.03. The first-order chi connectivity index (χ1) is 12.2. The number of aliphatic imine (C=N–C) groups is 1. The molecule has 26 heavy (non-hydrogen) atoms. The zero-order chi connectivity index (χ0) is 17.6.